The van der Waals surface area contributed by atoms with E-state index in [1.54, 1.807) is 0 Å². The molecule has 0 bridgehead atoms. The van der Waals surface area contributed by atoms with Crippen LogP contribution in [0.3, 0.4) is 0 Å². The molecule has 1 aromatic heterocycles. The molecule has 0 fully saturated rings. The first kappa shape index (κ1) is 26.1. The van der Waals surface area contributed by atoms with Gasteiger partial charge in [0.15, 0.2) is 0 Å². The van der Waals surface area contributed by atoms with Gasteiger partial charge in [-0.3, -0.25) is 0 Å². The first-order valence-electron chi connectivity index (χ1n) is 16.2. The van der Waals surface area contributed by atoms with E-state index >= 15 is 0 Å². The van der Waals surface area contributed by atoms with E-state index in [2.05, 4.69) is 170 Å². The third kappa shape index (κ3) is 3.97. The zero-order valence-corrected chi connectivity index (χ0v) is 25.6. The van der Waals surface area contributed by atoms with Crippen LogP contribution in [0.15, 0.2) is 174 Å². The van der Waals surface area contributed by atoms with Crippen LogP contribution in [0.2, 0.25) is 0 Å². The Kier molecular flexibility index (Phi) is 5.64. The monoisotopic (exact) mass is 596 g/mol. The van der Waals surface area contributed by atoms with Gasteiger partial charge in [-0.15, -0.1) is 0 Å². The Labute approximate surface area is 271 Å². The van der Waals surface area contributed by atoms with Crippen molar-refractivity contribution in [2.24, 2.45) is 0 Å². The van der Waals surface area contributed by atoms with Crippen molar-refractivity contribution < 1.29 is 4.42 Å². The Bertz CT molecular complexity index is 2850. The second kappa shape index (κ2) is 10.2. The van der Waals surface area contributed by atoms with Gasteiger partial charge >= 0.3 is 0 Å². The van der Waals surface area contributed by atoms with Crippen LogP contribution < -0.4 is 0 Å². The van der Waals surface area contributed by atoms with Gasteiger partial charge in [-0.2, -0.15) is 0 Å². The summed E-state index contributed by atoms with van der Waals surface area (Å²) >= 11 is 0. The highest BCUT2D eigenvalue weighted by molar-refractivity contribution is 6.23. The van der Waals surface area contributed by atoms with Crippen molar-refractivity contribution in [1.29, 1.82) is 0 Å². The summed E-state index contributed by atoms with van der Waals surface area (Å²) in [5.74, 6) is 0. The van der Waals surface area contributed by atoms with Crippen molar-refractivity contribution in [1.82, 2.24) is 0 Å². The molecular weight excluding hydrogens is 569 g/mol. The summed E-state index contributed by atoms with van der Waals surface area (Å²) in [6.07, 6.45) is 0. The minimum atomic E-state index is 0.909. The summed E-state index contributed by atoms with van der Waals surface area (Å²) in [5, 5.41) is 12.4. The summed E-state index contributed by atoms with van der Waals surface area (Å²) in [6.45, 7) is 0. The van der Waals surface area contributed by atoms with Crippen molar-refractivity contribution in [3.8, 4) is 33.4 Å². The molecule has 0 amide bonds. The first-order valence-corrected chi connectivity index (χ1v) is 16.2. The SMILES string of the molecule is c1cc(-c2ccccc2-c2cccc3oc4ccc5ccccc5c4c23)cc(-c2c3ccccc3cc3c2ccc2ccccc23)c1. The molecule has 0 spiro atoms. The van der Waals surface area contributed by atoms with E-state index < -0.39 is 0 Å². The van der Waals surface area contributed by atoms with Gasteiger partial charge in [-0.25, -0.2) is 0 Å². The number of hydrogen-bond donors (Lipinski definition) is 0. The fourth-order valence-electron chi connectivity index (χ4n) is 7.75. The topological polar surface area (TPSA) is 13.1 Å². The number of rotatable bonds is 3. The molecule has 0 aliphatic rings. The Morgan fingerprint density at radius 3 is 1.79 bits per heavy atom. The van der Waals surface area contributed by atoms with E-state index in [0.717, 1.165) is 16.6 Å². The lowest BCUT2D eigenvalue weighted by Crippen LogP contribution is -1.89. The fourth-order valence-corrected chi connectivity index (χ4v) is 7.75. The van der Waals surface area contributed by atoms with Crippen molar-refractivity contribution in [2.45, 2.75) is 0 Å². The molecule has 47 heavy (non-hydrogen) atoms. The molecule has 0 radical (unpaired) electrons. The summed E-state index contributed by atoms with van der Waals surface area (Å²) in [6, 6.07) is 61.6. The van der Waals surface area contributed by atoms with Gasteiger partial charge in [0.25, 0.3) is 0 Å². The van der Waals surface area contributed by atoms with Gasteiger partial charge in [0.05, 0.1) is 0 Å². The van der Waals surface area contributed by atoms with Gasteiger partial charge in [0.1, 0.15) is 11.2 Å². The van der Waals surface area contributed by atoms with Crippen LogP contribution in [-0.4, -0.2) is 0 Å². The lowest BCUT2D eigenvalue weighted by atomic mass is 9.87. The Morgan fingerprint density at radius 1 is 0.298 bits per heavy atom. The van der Waals surface area contributed by atoms with Gasteiger partial charge in [-0.1, -0.05) is 146 Å². The molecule has 10 aromatic rings. The van der Waals surface area contributed by atoms with Gasteiger partial charge in [-0.05, 0) is 101 Å². The predicted molar refractivity (Wildman–Crippen MR) is 200 cm³/mol. The maximum absolute atomic E-state index is 6.46. The highest BCUT2D eigenvalue weighted by Crippen LogP contribution is 2.44. The van der Waals surface area contributed by atoms with E-state index in [0.29, 0.717) is 0 Å². The molecule has 1 nitrogen and oxygen atoms in total. The molecule has 0 N–H and O–H groups in total. The fraction of sp³-hybridized carbons (Fsp3) is 0. The molecule has 0 unspecified atom stereocenters. The highest BCUT2D eigenvalue weighted by Gasteiger charge is 2.18. The average Bonchev–Trinajstić information content (AvgIpc) is 3.53. The molecule has 218 valence electrons. The third-order valence-electron chi connectivity index (χ3n) is 9.84. The number of benzene rings is 9. The maximum atomic E-state index is 6.46. The molecule has 0 aliphatic heterocycles. The second-order valence-corrected chi connectivity index (χ2v) is 12.4. The summed E-state index contributed by atoms with van der Waals surface area (Å²) in [7, 11) is 0. The second-order valence-electron chi connectivity index (χ2n) is 12.4. The Morgan fingerprint density at radius 2 is 0.915 bits per heavy atom. The van der Waals surface area contributed by atoms with E-state index in [9.17, 15) is 0 Å². The molecule has 0 aliphatic carbocycles. The molecular formula is C46H28O. The van der Waals surface area contributed by atoms with Crippen LogP contribution in [0.5, 0.6) is 0 Å². The van der Waals surface area contributed by atoms with Gasteiger partial charge < -0.3 is 4.42 Å². The number of fused-ring (bicyclic) bond motifs is 9. The van der Waals surface area contributed by atoms with Crippen LogP contribution >= 0.6 is 0 Å². The zero-order chi connectivity index (χ0) is 30.9. The maximum Gasteiger partial charge on any atom is 0.136 e. The van der Waals surface area contributed by atoms with E-state index in [4.69, 9.17) is 4.42 Å². The number of furan rings is 1. The van der Waals surface area contributed by atoms with E-state index in [1.165, 1.54) is 81.9 Å². The molecule has 0 saturated carbocycles. The van der Waals surface area contributed by atoms with Gasteiger partial charge in [0.2, 0.25) is 0 Å². The number of hydrogen-bond acceptors (Lipinski definition) is 1. The smallest absolute Gasteiger partial charge is 0.136 e. The van der Waals surface area contributed by atoms with Crippen molar-refractivity contribution in [2.75, 3.05) is 0 Å². The summed E-state index contributed by atoms with van der Waals surface area (Å²) in [4.78, 5) is 0. The Hall–Kier alpha value is -6.18. The van der Waals surface area contributed by atoms with Crippen LogP contribution in [0.4, 0.5) is 0 Å². The van der Waals surface area contributed by atoms with Crippen LogP contribution in [-0.2, 0) is 0 Å². The third-order valence-corrected chi connectivity index (χ3v) is 9.84. The summed E-state index contributed by atoms with van der Waals surface area (Å²) < 4.78 is 6.46. The van der Waals surface area contributed by atoms with Gasteiger partial charge in [0, 0.05) is 10.8 Å². The zero-order valence-electron chi connectivity index (χ0n) is 25.6. The van der Waals surface area contributed by atoms with Crippen molar-refractivity contribution in [3.63, 3.8) is 0 Å². The van der Waals surface area contributed by atoms with Crippen LogP contribution in [0, 0.1) is 0 Å². The van der Waals surface area contributed by atoms with Crippen LogP contribution in [0.1, 0.15) is 0 Å². The highest BCUT2D eigenvalue weighted by atomic mass is 16.3. The molecule has 0 saturated heterocycles. The minimum Gasteiger partial charge on any atom is -0.456 e. The van der Waals surface area contributed by atoms with Crippen molar-refractivity contribution in [3.05, 3.63) is 170 Å². The predicted octanol–water partition coefficient (Wildman–Crippen LogP) is 13.2. The lowest BCUT2D eigenvalue weighted by Gasteiger charge is -2.16. The Balaban J connectivity index is 1.23. The minimum absolute atomic E-state index is 0.909. The standard InChI is InChI=1S/C46H28O/c1-4-16-34-29(11-1)23-25-40-41(34)28-32-13-3-6-19-37(32)44(40)33-15-9-14-31(27-33)35-17-7-8-20-38(35)39-21-10-22-42-46(39)45-36-18-5-2-12-30(36)24-26-43(45)47-42/h1-28H. The quantitative estimate of drug-likeness (QED) is 0.146. The molecule has 9 aromatic carbocycles. The molecule has 0 atom stereocenters. The molecule has 10 rings (SSSR count). The molecule has 1 heterocycles. The summed E-state index contributed by atoms with van der Waals surface area (Å²) in [5.41, 5.74) is 9.08. The van der Waals surface area contributed by atoms with Crippen LogP contribution in [0.25, 0.3) is 98.4 Å². The largest absolute Gasteiger partial charge is 0.456 e. The first-order chi connectivity index (χ1) is 23.3. The van der Waals surface area contributed by atoms with E-state index in [1.807, 2.05) is 0 Å². The lowest BCUT2D eigenvalue weighted by molar-refractivity contribution is 0.669. The normalized spacial score (nSPS) is 11.8. The molecule has 1 heteroatoms. The average molecular weight is 597 g/mol. The van der Waals surface area contributed by atoms with E-state index in [-0.39, 0.29) is 0 Å². The van der Waals surface area contributed by atoms with Crippen molar-refractivity contribution >= 4 is 65.0 Å².